The first-order valence-corrected chi connectivity index (χ1v) is 8.66. The van der Waals surface area contributed by atoms with Crippen LogP contribution in [0.1, 0.15) is 52.2 Å². The summed E-state index contributed by atoms with van der Waals surface area (Å²) in [4.78, 5) is 17.1. The van der Waals surface area contributed by atoms with Crippen molar-refractivity contribution in [3.8, 4) is 11.3 Å². The van der Waals surface area contributed by atoms with Crippen LogP contribution in [0.2, 0.25) is 0 Å². The van der Waals surface area contributed by atoms with Gasteiger partial charge in [-0.25, -0.2) is 15.0 Å². The molecule has 0 aliphatic heterocycles. The maximum Gasteiger partial charge on any atom is 0.141 e. The van der Waals surface area contributed by atoms with Gasteiger partial charge in [-0.15, -0.1) is 0 Å². The Morgan fingerprint density at radius 3 is 2.60 bits per heavy atom. The first kappa shape index (κ1) is 15.8. The Morgan fingerprint density at radius 2 is 1.88 bits per heavy atom. The van der Waals surface area contributed by atoms with Crippen LogP contribution >= 0.6 is 0 Å². The van der Waals surface area contributed by atoms with Gasteiger partial charge in [-0.3, -0.25) is 0 Å². The summed E-state index contributed by atoms with van der Waals surface area (Å²) in [5.74, 6) is 2.23. The Labute approximate surface area is 147 Å². The number of hydrogen-bond acceptors (Lipinski definition) is 3. The quantitative estimate of drug-likeness (QED) is 0.579. The van der Waals surface area contributed by atoms with Crippen molar-refractivity contribution < 1.29 is 0 Å². The Bertz CT molecular complexity index is 1060. The molecular formula is C20H23N5. The Balaban J connectivity index is 1.85. The number of imidazole rings is 1. The highest BCUT2D eigenvalue weighted by Gasteiger charge is 2.20. The van der Waals surface area contributed by atoms with Gasteiger partial charge in [0.1, 0.15) is 17.3 Å². The van der Waals surface area contributed by atoms with Crippen LogP contribution in [0.3, 0.4) is 0 Å². The highest BCUT2D eigenvalue weighted by atomic mass is 15.0. The SMILES string of the molecule is CC(C)c1ncc2cc(-c3ccc4cnc(C(C)(C)C)n4c3)[nH]c2n1. The summed E-state index contributed by atoms with van der Waals surface area (Å²) in [6.45, 7) is 10.7. The summed E-state index contributed by atoms with van der Waals surface area (Å²) < 4.78 is 2.17. The molecule has 4 aromatic heterocycles. The molecule has 0 bridgehead atoms. The molecular weight excluding hydrogens is 310 g/mol. The fourth-order valence-corrected chi connectivity index (χ4v) is 3.07. The number of H-pyrrole nitrogens is 1. The number of pyridine rings is 1. The molecule has 5 heteroatoms. The summed E-state index contributed by atoms with van der Waals surface area (Å²) in [7, 11) is 0. The maximum absolute atomic E-state index is 4.64. The largest absolute Gasteiger partial charge is 0.339 e. The molecule has 0 spiro atoms. The Kier molecular flexibility index (Phi) is 3.42. The van der Waals surface area contributed by atoms with E-state index in [2.05, 4.69) is 83.4 Å². The minimum Gasteiger partial charge on any atom is -0.339 e. The number of hydrogen-bond donors (Lipinski definition) is 1. The molecule has 0 aliphatic rings. The van der Waals surface area contributed by atoms with E-state index in [0.717, 1.165) is 39.5 Å². The molecule has 4 heterocycles. The van der Waals surface area contributed by atoms with Crippen LogP contribution in [-0.2, 0) is 5.41 Å². The van der Waals surface area contributed by atoms with Crippen LogP contribution in [0.15, 0.2) is 36.8 Å². The highest BCUT2D eigenvalue weighted by molar-refractivity contribution is 5.82. The third-order valence-electron chi connectivity index (χ3n) is 4.41. The number of nitrogens with zero attached hydrogens (tertiary/aromatic N) is 4. The van der Waals surface area contributed by atoms with Crippen molar-refractivity contribution in [3.63, 3.8) is 0 Å². The third kappa shape index (κ3) is 2.69. The lowest BCUT2D eigenvalue weighted by atomic mass is 9.96. The van der Waals surface area contributed by atoms with E-state index in [1.54, 1.807) is 0 Å². The summed E-state index contributed by atoms with van der Waals surface area (Å²) in [6, 6.07) is 6.33. The van der Waals surface area contributed by atoms with Crippen LogP contribution in [0.4, 0.5) is 0 Å². The Morgan fingerprint density at radius 1 is 1.08 bits per heavy atom. The average Bonchev–Trinajstić information content (AvgIpc) is 3.16. The van der Waals surface area contributed by atoms with Crippen molar-refractivity contribution in [2.75, 3.05) is 0 Å². The van der Waals surface area contributed by atoms with Crippen molar-refractivity contribution >= 4 is 16.6 Å². The van der Waals surface area contributed by atoms with Gasteiger partial charge in [0.25, 0.3) is 0 Å². The monoisotopic (exact) mass is 333 g/mol. The second kappa shape index (κ2) is 5.41. The number of fused-ring (bicyclic) bond motifs is 2. The first-order chi connectivity index (χ1) is 11.8. The second-order valence-corrected chi connectivity index (χ2v) is 7.91. The molecule has 4 rings (SSSR count). The average molecular weight is 333 g/mol. The normalized spacial score (nSPS) is 12.6. The molecule has 128 valence electrons. The molecule has 0 atom stereocenters. The van der Waals surface area contributed by atoms with E-state index in [1.165, 1.54) is 0 Å². The van der Waals surface area contributed by atoms with Gasteiger partial charge < -0.3 is 9.38 Å². The van der Waals surface area contributed by atoms with Crippen molar-refractivity contribution in [3.05, 3.63) is 48.4 Å². The molecule has 0 radical (unpaired) electrons. The molecule has 0 saturated heterocycles. The zero-order valence-corrected chi connectivity index (χ0v) is 15.3. The molecule has 5 nitrogen and oxygen atoms in total. The smallest absolute Gasteiger partial charge is 0.141 e. The van der Waals surface area contributed by atoms with Gasteiger partial charge in [0.05, 0.1) is 11.7 Å². The highest BCUT2D eigenvalue weighted by Crippen LogP contribution is 2.27. The van der Waals surface area contributed by atoms with Crippen LogP contribution in [-0.4, -0.2) is 24.3 Å². The first-order valence-electron chi connectivity index (χ1n) is 8.66. The zero-order valence-electron chi connectivity index (χ0n) is 15.3. The van der Waals surface area contributed by atoms with E-state index < -0.39 is 0 Å². The van der Waals surface area contributed by atoms with Crippen LogP contribution in [0.5, 0.6) is 0 Å². The van der Waals surface area contributed by atoms with E-state index in [9.17, 15) is 0 Å². The fourth-order valence-electron chi connectivity index (χ4n) is 3.07. The van der Waals surface area contributed by atoms with E-state index in [-0.39, 0.29) is 5.41 Å². The van der Waals surface area contributed by atoms with E-state index in [4.69, 9.17) is 0 Å². The van der Waals surface area contributed by atoms with Crippen LogP contribution in [0.25, 0.3) is 27.8 Å². The maximum atomic E-state index is 4.64. The minimum absolute atomic E-state index is 0.0108. The van der Waals surface area contributed by atoms with E-state index in [1.807, 2.05) is 12.4 Å². The van der Waals surface area contributed by atoms with Gasteiger partial charge in [0, 0.05) is 40.4 Å². The number of aromatic amines is 1. The molecule has 0 saturated carbocycles. The van der Waals surface area contributed by atoms with Gasteiger partial charge in [0.15, 0.2) is 0 Å². The van der Waals surface area contributed by atoms with Crippen LogP contribution < -0.4 is 0 Å². The van der Waals surface area contributed by atoms with Crippen molar-refractivity contribution in [1.29, 1.82) is 0 Å². The molecule has 0 aliphatic carbocycles. The summed E-state index contributed by atoms with van der Waals surface area (Å²) in [6.07, 6.45) is 5.97. The lowest BCUT2D eigenvalue weighted by Gasteiger charge is -2.17. The number of aromatic nitrogens is 5. The molecule has 1 N–H and O–H groups in total. The van der Waals surface area contributed by atoms with Gasteiger partial charge in [-0.2, -0.15) is 0 Å². The zero-order chi connectivity index (χ0) is 17.8. The lowest BCUT2D eigenvalue weighted by Crippen LogP contribution is -2.15. The molecule has 25 heavy (non-hydrogen) atoms. The molecule has 4 aromatic rings. The summed E-state index contributed by atoms with van der Waals surface area (Å²) in [5, 5.41) is 1.03. The standard InChI is InChI=1S/C20H23N5/c1-12(2)17-21-9-14-8-16(23-18(14)24-17)13-6-7-15-10-22-19(20(3,4)5)25(15)11-13/h6-12H,1-5H3,(H,21,23,24). The second-order valence-electron chi connectivity index (χ2n) is 7.91. The minimum atomic E-state index is -0.0108. The van der Waals surface area contributed by atoms with Crippen LogP contribution in [0, 0.1) is 0 Å². The van der Waals surface area contributed by atoms with Gasteiger partial charge >= 0.3 is 0 Å². The Hall–Kier alpha value is -2.69. The van der Waals surface area contributed by atoms with E-state index in [0.29, 0.717) is 5.92 Å². The topological polar surface area (TPSA) is 58.9 Å². The summed E-state index contributed by atoms with van der Waals surface area (Å²) in [5.41, 5.74) is 4.13. The molecule has 0 amide bonds. The van der Waals surface area contributed by atoms with Crippen molar-refractivity contribution in [2.45, 2.75) is 46.0 Å². The molecule has 0 unspecified atom stereocenters. The van der Waals surface area contributed by atoms with Gasteiger partial charge in [0.2, 0.25) is 0 Å². The van der Waals surface area contributed by atoms with E-state index >= 15 is 0 Å². The van der Waals surface area contributed by atoms with Crippen molar-refractivity contribution in [1.82, 2.24) is 24.3 Å². The predicted octanol–water partition coefficient (Wildman–Crippen LogP) is 4.69. The predicted molar refractivity (Wildman–Crippen MR) is 101 cm³/mol. The summed E-state index contributed by atoms with van der Waals surface area (Å²) >= 11 is 0. The van der Waals surface area contributed by atoms with Gasteiger partial charge in [-0.05, 0) is 18.2 Å². The molecule has 0 aromatic carbocycles. The lowest BCUT2D eigenvalue weighted by molar-refractivity contribution is 0.543. The fraction of sp³-hybridized carbons (Fsp3) is 0.350. The third-order valence-corrected chi connectivity index (χ3v) is 4.41. The van der Waals surface area contributed by atoms with Crippen molar-refractivity contribution in [2.24, 2.45) is 0 Å². The number of rotatable bonds is 2. The van der Waals surface area contributed by atoms with Gasteiger partial charge in [-0.1, -0.05) is 34.6 Å². The molecule has 0 fully saturated rings. The number of nitrogens with one attached hydrogen (secondary N) is 1.